The lowest BCUT2D eigenvalue weighted by Gasteiger charge is -2.25. The maximum Gasteiger partial charge on any atom is 0.0934 e. The Hall–Kier alpha value is -0.160. The Kier molecular flexibility index (Phi) is 37.2. The van der Waals surface area contributed by atoms with E-state index >= 15 is 0 Å². The molecule has 0 aliphatic carbocycles. The van der Waals surface area contributed by atoms with Crippen LogP contribution in [-0.2, 0) is 9.47 Å². The molecule has 0 saturated heterocycles. The van der Waals surface area contributed by atoms with Crippen LogP contribution in [0.2, 0.25) is 0 Å². The highest BCUT2D eigenvalue weighted by molar-refractivity contribution is 4.65. The summed E-state index contributed by atoms with van der Waals surface area (Å²) >= 11 is 0. The second-order valence-electron chi connectivity index (χ2n) is 14.3. The van der Waals surface area contributed by atoms with E-state index < -0.39 is 0 Å². The van der Waals surface area contributed by atoms with Crippen LogP contribution in [0.5, 0.6) is 0 Å². The van der Waals surface area contributed by atoms with Crippen LogP contribution in [0.1, 0.15) is 194 Å². The first-order valence-corrected chi connectivity index (χ1v) is 20.1. The molecule has 0 aromatic carbocycles. The lowest BCUT2D eigenvalue weighted by molar-refractivity contribution is -0.0317. The fourth-order valence-corrected chi connectivity index (χ4v) is 6.12. The van der Waals surface area contributed by atoms with E-state index in [1.54, 1.807) is 0 Å². The number of hydrogen-bond donors (Lipinski definition) is 0. The number of hydrogen-bond acceptors (Lipinski definition) is 4. The molecule has 0 aromatic rings. The average Bonchev–Trinajstić information content (AvgIpc) is 3.01. The zero-order chi connectivity index (χ0) is 32.2. The first-order valence-electron chi connectivity index (χ1n) is 20.1. The summed E-state index contributed by atoms with van der Waals surface area (Å²) in [4.78, 5) is 4.67. The van der Waals surface area contributed by atoms with Crippen LogP contribution in [0.3, 0.4) is 0 Å². The quantitative estimate of drug-likeness (QED) is 0.0638. The lowest BCUT2D eigenvalue weighted by Crippen LogP contribution is -2.38. The number of ether oxygens (including phenoxy) is 2. The third-order valence-electron chi connectivity index (χ3n) is 9.24. The molecule has 0 aliphatic heterocycles. The fraction of sp³-hybridized carbons (Fsp3) is 1.00. The molecule has 44 heavy (non-hydrogen) atoms. The van der Waals surface area contributed by atoms with E-state index in [4.69, 9.17) is 9.47 Å². The minimum absolute atomic E-state index is 0.191. The van der Waals surface area contributed by atoms with Gasteiger partial charge in [0.05, 0.1) is 12.7 Å². The van der Waals surface area contributed by atoms with Gasteiger partial charge in [-0.15, -0.1) is 0 Å². The van der Waals surface area contributed by atoms with Crippen LogP contribution in [-0.4, -0.2) is 76.5 Å². The number of unbranched alkanes of at least 4 members (excludes halogenated alkanes) is 26. The molecule has 0 radical (unpaired) electrons. The summed E-state index contributed by atoms with van der Waals surface area (Å²) < 4.78 is 12.5. The van der Waals surface area contributed by atoms with Crippen LogP contribution in [0, 0.1) is 0 Å². The van der Waals surface area contributed by atoms with Crippen molar-refractivity contribution < 1.29 is 9.47 Å². The zero-order valence-corrected chi connectivity index (χ0v) is 31.3. The molecule has 1 unspecified atom stereocenters. The van der Waals surface area contributed by atoms with Gasteiger partial charge in [-0.25, -0.2) is 0 Å². The van der Waals surface area contributed by atoms with E-state index in [0.717, 1.165) is 39.5 Å². The molecule has 1 atom stereocenters. The summed E-state index contributed by atoms with van der Waals surface area (Å²) in [5.41, 5.74) is 0. The molecule has 4 heteroatoms. The Morgan fingerprint density at radius 2 is 0.750 bits per heavy atom. The van der Waals surface area contributed by atoms with Crippen molar-refractivity contribution in [3.05, 3.63) is 0 Å². The van der Waals surface area contributed by atoms with Crippen molar-refractivity contribution in [3.8, 4) is 0 Å². The lowest BCUT2D eigenvalue weighted by atomic mass is 10.0. The summed E-state index contributed by atoms with van der Waals surface area (Å²) in [6, 6.07) is 0. The van der Waals surface area contributed by atoms with E-state index in [0.29, 0.717) is 0 Å². The Labute approximate surface area is 279 Å². The topological polar surface area (TPSA) is 24.9 Å². The first-order chi connectivity index (χ1) is 21.6. The molecular weight excluding hydrogens is 540 g/mol. The molecule has 0 spiro atoms. The van der Waals surface area contributed by atoms with Gasteiger partial charge in [0, 0.05) is 32.8 Å². The molecule has 0 aliphatic rings. The van der Waals surface area contributed by atoms with Crippen molar-refractivity contribution in [3.63, 3.8) is 0 Å². The predicted molar refractivity (Wildman–Crippen MR) is 197 cm³/mol. The van der Waals surface area contributed by atoms with E-state index in [1.807, 2.05) is 0 Å². The van der Waals surface area contributed by atoms with E-state index in [1.165, 1.54) is 180 Å². The predicted octanol–water partition coefficient (Wildman–Crippen LogP) is 11.8. The molecule has 0 N–H and O–H groups in total. The summed E-state index contributed by atoms with van der Waals surface area (Å²) in [5, 5.41) is 0. The van der Waals surface area contributed by atoms with Gasteiger partial charge in [0.1, 0.15) is 0 Å². The Morgan fingerprint density at radius 1 is 0.409 bits per heavy atom. The maximum atomic E-state index is 6.37. The highest BCUT2D eigenvalue weighted by Crippen LogP contribution is 2.14. The number of rotatable bonds is 38. The third-order valence-corrected chi connectivity index (χ3v) is 9.24. The van der Waals surface area contributed by atoms with E-state index in [9.17, 15) is 0 Å². The van der Waals surface area contributed by atoms with Gasteiger partial charge in [0.25, 0.3) is 0 Å². The average molecular weight is 625 g/mol. The highest BCUT2D eigenvalue weighted by atomic mass is 16.5. The molecule has 0 aromatic heterocycles. The Balaban J connectivity index is 3.80. The summed E-state index contributed by atoms with van der Waals surface area (Å²) in [7, 11) is 6.52. The Morgan fingerprint density at radius 3 is 1.11 bits per heavy atom. The number of nitrogens with zero attached hydrogens (tertiary/aromatic N) is 2. The molecule has 4 nitrogen and oxygen atoms in total. The molecule has 0 fully saturated rings. The maximum absolute atomic E-state index is 6.37. The SMILES string of the molecule is CCCCCCCCCCCCCCCCOCC(CN(C)CCN(C)C)OCCCCCCCCCCCCCCCC. The molecule has 0 heterocycles. The minimum Gasteiger partial charge on any atom is -0.379 e. The van der Waals surface area contributed by atoms with Gasteiger partial charge in [-0.05, 0) is 34.0 Å². The van der Waals surface area contributed by atoms with E-state index in [-0.39, 0.29) is 6.10 Å². The molecule has 266 valence electrons. The van der Waals surface area contributed by atoms with Crippen molar-refractivity contribution in [2.45, 2.75) is 200 Å². The van der Waals surface area contributed by atoms with Gasteiger partial charge in [0.15, 0.2) is 0 Å². The van der Waals surface area contributed by atoms with Crippen molar-refractivity contribution in [2.75, 3.05) is 60.6 Å². The van der Waals surface area contributed by atoms with Crippen molar-refractivity contribution in [1.29, 1.82) is 0 Å². The molecule has 0 amide bonds. The molecule has 0 bridgehead atoms. The van der Waals surface area contributed by atoms with Crippen LogP contribution in [0.4, 0.5) is 0 Å². The van der Waals surface area contributed by atoms with Crippen molar-refractivity contribution in [2.24, 2.45) is 0 Å². The van der Waals surface area contributed by atoms with Gasteiger partial charge in [-0.3, -0.25) is 0 Å². The van der Waals surface area contributed by atoms with Gasteiger partial charge in [0.2, 0.25) is 0 Å². The smallest absolute Gasteiger partial charge is 0.0934 e. The van der Waals surface area contributed by atoms with Crippen LogP contribution in [0.25, 0.3) is 0 Å². The normalized spacial score (nSPS) is 12.6. The van der Waals surface area contributed by atoms with Crippen molar-refractivity contribution in [1.82, 2.24) is 9.80 Å². The molecule has 0 saturated carbocycles. The summed E-state index contributed by atoms with van der Waals surface area (Å²) in [6.07, 6.45) is 39.4. The van der Waals surface area contributed by atoms with Gasteiger partial charge >= 0.3 is 0 Å². The van der Waals surface area contributed by atoms with E-state index in [2.05, 4.69) is 44.8 Å². The van der Waals surface area contributed by atoms with Crippen LogP contribution >= 0.6 is 0 Å². The molecular formula is C40H84N2O2. The van der Waals surface area contributed by atoms with Gasteiger partial charge in [-0.2, -0.15) is 0 Å². The van der Waals surface area contributed by atoms with Crippen molar-refractivity contribution >= 4 is 0 Å². The second-order valence-corrected chi connectivity index (χ2v) is 14.3. The first kappa shape index (κ1) is 43.8. The standard InChI is InChI=1S/C40H84N2O2/c1-6-8-10-12-14-16-18-20-22-24-26-28-30-32-36-43-39-40(38-42(5)35-34-41(3)4)44-37-33-31-29-27-25-23-21-19-17-15-13-11-9-7-2/h40H,6-39H2,1-5H3. The van der Waals surface area contributed by atoms with Gasteiger partial charge < -0.3 is 19.3 Å². The van der Waals surface area contributed by atoms with Gasteiger partial charge in [-0.1, -0.05) is 181 Å². The summed E-state index contributed by atoms with van der Waals surface area (Å²) in [5.74, 6) is 0. The minimum atomic E-state index is 0.191. The highest BCUT2D eigenvalue weighted by Gasteiger charge is 2.13. The largest absolute Gasteiger partial charge is 0.379 e. The fourth-order valence-electron chi connectivity index (χ4n) is 6.12. The molecule has 0 rings (SSSR count). The monoisotopic (exact) mass is 625 g/mol. The number of likely N-dealkylation sites (N-methyl/N-ethyl adjacent to an activating group) is 2. The second kappa shape index (κ2) is 37.3. The van der Waals surface area contributed by atoms with Crippen LogP contribution < -0.4 is 0 Å². The Bertz CT molecular complexity index is 516. The van der Waals surface area contributed by atoms with Crippen LogP contribution in [0.15, 0.2) is 0 Å². The zero-order valence-electron chi connectivity index (χ0n) is 31.3. The summed E-state index contributed by atoms with van der Waals surface area (Å²) in [6.45, 7) is 10.2. The third kappa shape index (κ3) is 36.3.